The molecule has 1 fully saturated rings. The topological polar surface area (TPSA) is 62.8 Å². The molecule has 2 atom stereocenters. The molecule has 150 valence electrons. The number of nitrogens with one attached hydrogen (secondary N) is 1. The molecule has 7 heteroatoms. The maximum atomic E-state index is 5.78. The standard InChI is InChI=1S/C21H29N5O2/c1-25(2)21-22-9-7-20(24-21)26-12-18(19(13-26)27-3)23-11-15-5-4-6-16-14-28-10-8-17(15)16/h4-7,9,18-19,23H,8,10-14H2,1-3H3/t18-,19+/m0/s1. The van der Waals surface area contributed by atoms with Crippen molar-refractivity contribution in [3.63, 3.8) is 0 Å². The Balaban J connectivity index is 1.45. The van der Waals surface area contributed by atoms with Crippen molar-refractivity contribution in [2.24, 2.45) is 0 Å². The van der Waals surface area contributed by atoms with Gasteiger partial charge in [-0.15, -0.1) is 0 Å². The van der Waals surface area contributed by atoms with E-state index >= 15 is 0 Å². The van der Waals surface area contributed by atoms with Crippen LogP contribution in [0, 0.1) is 0 Å². The van der Waals surface area contributed by atoms with Crippen molar-refractivity contribution in [2.75, 3.05) is 50.7 Å². The van der Waals surface area contributed by atoms with Crippen molar-refractivity contribution < 1.29 is 9.47 Å². The highest BCUT2D eigenvalue weighted by Gasteiger charge is 2.33. The van der Waals surface area contributed by atoms with E-state index in [2.05, 4.69) is 38.4 Å². The van der Waals surface area contributed by atoms with Gasteiger partial charge in [-0.05, 0) is 29.2 Å². The fourth-order valence-corrected chi connectivity index (χ4v) is 4.03. The molecule has 0 aliphatic carbocycles. The van der Waals surface area contributed by atoms with Gasteiger partial charge in [0, 0.05) is 47.0 Å². The van der Waals surface area contributed by atoms with Crippen LogP contribution in [0.2, 0.25) is 0 Å². The van der Waals surface area contributed by atoms with Crippen LogP contribution in [-0.4, -0.2) is 63.0 Å². The third-order valence-electron chi connectivity index (χ3n) is 5.60. The Hall–Kier alpha value is -2.22. The SMILES string of the molecule is CO[C@@H]1CN(c2ccnc(N(C)C)n2)C[C@@H]1NCc1cccc2c1CCOC2. The highest BCUT2D eigenvalue weighted by atomic mass is 16.5. The van der Waals surface area contributed by atoms with Crippen LogP contribution in [0.3, 0.4) is 0 Å². The molecular weight excluding hydrogens is 354 g/mol. The van der Waals surface area contributed by atoms with Crippen molar-refractivity contribution in [3.8, 4) is 0 Å². The first-order valence-electron chi connectivity index (χ1n) is 9.84. The van der Waals surface area contributed by atoms with Crippen LogP contribution in [0.25, 0.3) is 0 Å². The molecular formula is C21H29N5O2. The lowest BCUT2D eigenvalue weighted by atomic mass is 9.97. The lowest BCUT2D eigenvalue weighted by Gasteiger charge is -2.23. The zero-order valence-corrected chi connectivity index (χ0v) is 16.9. The second-order valence-electron chi connectivity index (χ2n) is 7.63. The van der Waals surface area contributed by atoms with Gasteiger partial charge in [0.05, 0.1) is 25.4 Å². The third kappa shape index (κ3) is 3.97. The number of hydrogen-bond donors (Lipinski definition) is 1. The predicted octanol–water partition coefficient (Wildman–Crippen LogP) is 1.61. The fraction of sp³-hybridized carbons (Fsp3) is 0.524. The zero-order chi connectivity index (χ0) is 19.5. The highest BCUT2D eigenvalue weighted by molar-refractivity contribution is 5.45. The van der Waals surface area contributed by atoms with Crippen LogP contribution in [0.15, 0.2) is 30.5 Å². The normalized spacial score (nSPS) is 21.6. The van der Waals surface area contributed by atoms with E-state index in [4.69, 9.17) is 9.47 Å². The summed E-state index contributed by atoms with van der Waals surface area (Å²) in [4.78, 5) is 13.2. The van der Waals surface area contributed by atoms with Crippen LogP contribution in [-0.2, 0) is 29.0 Å². The Morgan fingerprint density at radius 2 is 2.18 bits per heavy atom. The van der Waals surface area contributed by atoms with E-state index in [1.807, 2.05) is 31.3 Å². The summed E-state index contributed by atoms with van der Waals surface area (Å²) in [5.74, 6) is 1.67. The average Bonchev–Trinajstić information content (AvgIpc) is 3.15. The number of rotatable bonds is 6. The lowest BCUT2D eigenvalue weighted by molar-refractivity contribution is 0.0963. The fourth-order valence-electron chi connectivity index (χ4n) is 4.03. The van der Waals surface area contributed by atoms with Gasteiger partial charge in [0.1, 0.15) is 5.82 Å². The minimum Gasteiger partial charge on any atom is -0.378 e. The highest BCUT2D eigenvalue weighted by Crippen LogP contribution is 2.24. The number of anilines is 2. The maximum absolute atomic E-state index is 5.78. The number of nitrogens with zero attached hydrogens (tertiary/aromatic N) is 4. The van der Waals surface area contributed by atoms with E-state index in [9.17, 15) is 0 Å². The monoisotopic (exact) mass is 383 g/mol. The minimum atomic E-state index is 0.126. The Morgan fingerprint density at radius 3 is 3.00 bits per heavy atom. The van der Waals surface area contributed by atoms with Crippen molar-refractivity contribution >= 4 is 11.8 Å². The number of hydrogen-bond acceptors (Lipinski definition) is 7. The van der Waals surface area contributed by atoms with E-state index in [-0.39, 0.29) is 12.1 Å². The van der Waals surface area contributed by atoms with Crippen LogP contribution in [0.4, 0.5) is 11.8 Å². The molecule has 0 spiro atoms. The summed E-state index contributed by atoms with van der Waals surface area (Å²) in [5.41, 5.74) is 4.13. The number of aromatic nitrogens is 2. The number of methoxy groups -OCH3 is 1. The minimum absolute atomic E-state index is 0.126. The smallest absolute Gasteiger partial charge is 0.226 e. The van der Waals surface area contributed by atoms with Gasteiger partial charge in [0.25, 0.3) is 0 Å². The lowest BCUT2D eigenvalue weighted by Crippen LogP contribution is -2.40. The molecule has 0 unspecified atom stereocenters. The molecule has 1 aromatic heterocycles. The van der Waals surface area contributed by atoms with Gasteiger partial charge in [0.2, 0.25) is 5.95 Å². The third-order valence-corrected chi connectivity index (χ3v) is 5.60. The Kier molecular flexibility index (Phi) is 5.75. The first-order chi connectivity index (χ1) is 13.7. The van der Waals surface area contributed by atoms with Gasteiger partial charge < -0.3 is 24.6 Å². The summed E-state index contributed by atoms with van der Waals surface area (Å²) in [6.07, 6.45) is 2.94. The molecule has 0 radical (unpaired) electrons. The van der Waals surface area contributed by atoms with Gasteiger partial charge in [-0.25, -0.2) is 4.98 Å². The Labute approximate surface area is 166 Å². The van der Waals surface area contributed by atoms with Gasteiger partial charge in [0.15, 0.2) is 0 Å². The summed E-state index contributed by atoms with van der Waals surface area (Å²) in [5, 5.41) is 3.72. The molecule has 2 aliphatic heterocycles. The van der Waals surface area contributed by atoms with E-state index in [0.717, 1.165) is 51.0 Å². The molecule has 7 nitrogen and oxygen atoms in total. The molecule has 4 rings (SSSR count). The number of ether oxygens (including phenoxy) is 2. The Bertz CT molecular complexity index is 813. The molecule has 0 saturated carbocycles. The average molecular weight is 383 g/mol. The van der Waals surface area contributed by atoms with E-state index in [1.54, 1.807) is 7.11 Å². The van der Waals surface area contributed by atoms with Gasteiger partial charge >= 0.3 is 0 Å². The molecule has 28 heavy (non-hydrogen) atoms. The van der Waals surface area contributed by atoms with E-state index in [0.29, 0.717) is 0 Å². The van der Waals surface area contributed by atoms with E-state index < -0.39 is 0 Å². The number of fused-ring (bicyclic) bond motifs is 1. The number of benzene rings is 1. The summed E-state index contributed by atoms with van der Waals surface area (Å²) in [6.45, 7) is 4.06. The van der Waals surface area contributed by atoms with Crippen molar-refractivity contribution in [1.82, 2.24) is 15.3 Å². The Morgan fingerprint density at radius 1 is 1.29 bits per heavy atom. The molecule has 1 saturated heterocycles. The largest absolute Gasteiger partial charge is 0.378 e. The molecule has 1 aromatic carbocycles. The molecule has 2 aliphatic rings. The quantitative estimate of drug-likeness (QED) is 0.813. The van der Waals surface area contributed by atoms with Crippen molar-refractivity contribution in [2.45, 2.75) is 31.7 Å². The summed E-state index contributed by atoms with van der Waals surface area (Å²) in [7, 11) is 5.70. The van der Waals surface area contributed by atoms with Crippen molar-refractivity contribution in [1.29, 1.82) is 0 Å². The van der Waals surface area contributed by atoms with Crippen LogP contribution in [0.5, 0.6) is 0 Å². The second kappa shape index (κ2) is 8.43. The predicted molar refractivity (Wildman–Crippen MR) is 110 cm³/mol. The first kappa shape index (κ1) is 19.1. The van der Waals surface area contributed by atoms with Crippen LogP contribution >= 0.6 is 0 Å². The summed E-state index contributed by atoms with van der Waals surface area (Å²) >= 11 is 0. The van der Waals surface area contributed by atoms with Crippen LogP contribution in [0.1, 0.15) is 16.7 Å². The van der Waals surface area contributed by atoms with Crippen LogP contribution < -0.4 is 15.1 Å². The maximum Gasteiger partial charge on any atom is 0.226 e. The molecule has 1 N–H and O–H groups in total. The van der Waals surface area contributed by atoms with E-state index in [1.165, 1.54) is 16.7 Å². The zero-order valence-electron chi connectivity index (χ0n) is 16.9. The first-order valence-corrected chi connectivity index (χ1v) is 9.84. The summed E-state index contributed by atoms with van der Waals surface area (Å²) < 4.78 is 11.4. The molecule has 0 bridgehead atoms. The summed E-state index contributed by atoms with van der Waals surface area (Å²) in [6, 6.07) is 8.74. The molecule has 2 aromatic rings. The van der Waals surface area contributed by atoms with Gasteiger partial charge in [-0.3, -0.25) is 0 Å². The molecule has 0 amide bonds. The van der Waals surface area contributed by atoms with Gasteiger partial charge in [-0.2, -0.15) is 4.98 Å². The van der Waals surface area contributed by atoms with Crippen molar-refractivity contribution in [3.05, 3.63) is 47.2 Å². The second-order valence-corrected chi connectivity index (χ2v) is 7.63. The van der Waals surface area contributed by atoms with Gasteiger partial charge in [-0.1, -0.05) is 18.2 Å². The molecule has 3 heterocycles.